The summed E-state index contributed by atoms with van der Waals surface area (Å²) in [6.45, 7) is 0.363. The molecule has 1 N–H and O–H groups in total. The third-order valence-electron chi connectivity index (χ3n) is 5.23. The molecule has 2 aliphatic heterocycles. The van der Waals surface area contributed by atoms with E-state index in [9.17, 15) is 26.4 Å². The lowest BCUT2D eigenvalue weighted by Crippen LogP contribution is -2.53. The molecule has 3 rings (SSSR count). The Morgan fingerprint density at radius 3 is 2.68 bits per heavy atom. The summed E-state index contributed by atoms with van der Waals surface area (Å²) < 4.78 is 78.5. The van der Waals surface area contributed by atoms with Crippen molar-refractivity contribution in [2.24, 2.45) is 5.92 Å². The molecule has 0 saturated carbocycles. The highest BCUT2D eigenvalue weighted by Gasteiger charge is 2.43. The van der Waals surface area contributed by atoms with Crippen LogP contribution < -0.4 is 14.2 Å². The number of likely N-dealkylation sites (tertiary alicyclic amines) is 1. The molecule has 1 amide bonds. The Morgan fingerprint density at radius 2 is 2.00 bits per heavy atom. The number of nitrogens with one attached hydrogen (secondary N) is 1. The molecule has 0 unspecified atom stereocenters. The number of hydrogen-bond donors (Lipinski definition) is 1. The minimum Gasteiger partial charge on any atom is -0.486 e. The number of rotatable bonds is 7. The third kappa shape index (κ3) is 5.98. The van der Waals surface area contributed by atoms with Gasteiger partial charge in [-0.15, -0.1) is 0 Å². The van der Waals surface area contributed by atoms with E-state index in [0.29, 0.717) is 18.1 Å². The van der Waals surface area contributed by atoms with E-state index in [0.717, 1.165) is 4.90 Å². The number of carbonyl (C=O) groups excluding carboxylic acids is 1. The van der Waals surface area contributed by atoms with Gasteiger partial charge in [-0.3, -0.25) is 4.79 Å². The van der Waals surface area contributed by atoms with Gasteiger partial charge in [-0.25, -0.2) is 8.42 Å². The van der Waals surface area contributed by atoms with Crippen molar-refractivity contribution >= 4 is 27.7 Å². The Hall–Kier alpha value is -1.66. The number of ether oxygens (including phenoxy) is 2. The first-order chi connectivity index (χ1) is 14.6. The molecule has 7 nitrogen and oxygen atoms in total. The maximum Gasteiger partial charge on any atom is 0.393 e. The fourth-order valence-electron chi connectivity index (χ4n) is 3.58. The Morgan fingerprint density at radius 1 is 1.29 bits per heavy atom. The first-order valence-corrected chi connectivity index (χ1v) is 12.8. The van der Waals surface area contributed by atoms with Crippen LogP contribution in [0.4, 0.5) is 13.2 Å². The molecule has 0 spiro atoms. The molecule has 1 aromatic rings. The number of benzene rings is 1. The molecule has 2 aliphatic rings. The Labute approximate surface area is 183 Å². The number of amides is 1. The summed E-state index contributed by atoms with van der Waals surface area (Å²) in [7, 11) is -4.11. The summed E-state index contributed by atoms with van der Waals surface area (Å²) >= 11 is 1.42. The van der Waals surface area contributed by atoms with Crippen LogP contribution >= 0.6 is 11.8 Å². The van der Waals surface area contributed by atoms with E-state index in [1.807, 2.05) is 0 Å². The van der Waals surface area contributed by atoms with Crippen LogP contribution in [-0.2, 0) is 14.8 Å². The van der Waals surface area contributed by atoms with Gasteiger partial charge in [0.1, 0.15) is 19.3 Å². The van der Waals surface area contributed by atoms with Crippen LogP contribution in [0.1, 0.15) is 19.3 Å². The topological polar surface area (TPSA) is 84.9 Å². The molecule has 174 valence electrons. The third-order valence-corrected chi connectivity index (χ3v) is 7.34. The van der Waals surface area contributed by atoms with Gasteiger partial charge < -0.3 is 14.4 Å². The van der Waals surface area contributed by atoms with Crippen LogP contribution in [0.3, 0.4) is 0 Å². The van der Waals surface area contributed by atoms with Crippen LogP contribution in [0, 0.1) is 5.92 Å². The number of nitrogens with zero attached hydrogens (tertiary/aromatic N) is 1. The van der Waals surface area contributed by atoms with Gasteiger partial charge in [0.2, 0.25) is 15.9 Å². The van der Waals surface area contributed by atoms with Crippen molar-refractivity contribution in [3.05, 3.63) is 18.2 Å². The number of carbonyl (C=O) groups is 1. The number of halogens is 3. The van der Waals surface area contributed by atoms with Gasteiger partial charge in [0.25, 0.3) is 0 Å². The smallest absolute Gasteiger partial charge is 0.393 e. The molecule has 12 heteroatoms. The van der Waals surface area contributed by atoms with Gasteiger partial charge in [0.05, 0.1) is 10.8 Å². The molecule has 0 aliphatic carbocycles. The molecule has 0 radical (unpaired) electrons. The SMILES string of the molecule is CSCC[C@@H](NS(=O)(=O)c1ccc2c(c1)OCCO2)C(=O)N1CCC[C@@H](C(F)(F)F)C1. The maximum absolute atomic E-state index is 13.1. The lowest BCUT2D eigenvalue weighted by Gasteiger charge is -2.35. The highest BCUT2D eigenvalue weighted by molar-refractivity contribution is 7.98. The van der Waals surface area contributed by atoms with E-state index < -0.39 is 40.6 Å². The van der Waals surface area contributed by atoms with Gasteiger partial charge >= 0.3 is 6.18 Å². The fourth-order valence-corrected chi connectivity index (χ4v) is 5.29. The van der Waals surface area contributed by atoms with Crippen molar-refractivity contribution in [2.75, 3.05) is 38.3 Å². The first kappa shape index (κ1) is 24.0. The number of sulfonamides is 1. The van der Waals surface area contributed by atoms with Crippen molar-refractivity contribution in [3.8, 4) is 11.5 Å². The quantitative estimate of drug-likeness (QED) is 0.643. The minimum absolute atomic E-state index is 0.0360. The van der Waals surface area contributed by atoms with Gasteiger partial charge in [-0.2, -0.15) is 29.7 Å². The summed E-state index contributed by atoms with van der Waals surface area (Å²) in [5.74, 6) is -1.06. The summed E-state index contributed by atoms with van der Waals surface area (Å²) in [4.78, 5) is 14.0. The summed E-state index contributed by atoms with van der Waals surface area (Å²) in [5, 5.41) is 0. The van der Waals surface area contributed by atoms with Crippen molar-refractivity contribution < 1.29 is 35.9 Å². The maximum atomic E-state index is 13.1. The van der Waals surface area contributed by atoms with Crippen LogP contribution in [0.25, 0.3) is 0 Å². The molecule has 1 saturated heterocycles. The van der Waals surface area contributed by atoms with Crippen LogP contribution in [0.5, 0.6) is 11.5 Å². The van der Waals surface area contributed by atoms with Gasteiger partial charge in [0.15, 0.2) is 11.5 Å². The number of hydrogen-bond acceptors (Lipinski definition) is 6. The standard InChI is InChI=1S/C19H25F3N2O5S2/c1-30-10-6-15(18(25)24-7-2-3-13(12-24)19(20,21)22)23-31(26,27)14-4-5-16-17(11-14)29-9-8-28-16/h4-5,11,13,15,23H,2-3,6-10,12H2,1H3/t13-,15-/m1/s1. The van der Waals surface area contributed by atoms with Crippen LogP contribution in [-0.4, -0.2) is 69.8 Å². The van der Waals surface area contributed by atoms with Gasteiger partial charge in [0, 0.05) is 19.2 Å². The van der Waals surface area contributed by atoms with Crippen molar-refractivity contribution in [2.45, 2.75) is 36.4 Å². The summed E-state index contributed by atoms with van der Waals surface area (Å²) in [6, 6.07) is 2.97. The zero-order chi connectivity index (χ0) is 22.6. The predicted octanol–water partition coefficient (Wildman–Crippen LogP) is 2.66. The molecular weight excluding hydrogens is 457 g/mol. The monoisotopic (exact) mass is 482 g/mol. The van der Waals surface area contributed by atoms with Crippen molar-refractivity contribution in [3.63, 3.8) is 0 Å². The van der Waals surface area contributed by atoms with Crippen molar-refractivity contribution in [1.82, 2.24) is 9.62 Å². The average Bonchev–Trinajstić information content (AvgIpc) is 2.75. The number of alkyl halides is 3. The predicted molar refractivity (Wildman–Crippen MR) is 110 cm³/mol. The molecular formula is C19H25F3N2O5S2. The van der Waals surface area contributed by atoms with Crippen molar-refractivity contribution in [1.29, 1.82) is 0 Å². The van der Waals surface area contributed by atoms with Crippen LogP contribution in [0.15, 0.2) is 23.1 Å². The molecule has 2 atom stereocenters. The first-order valence-electron chi connectivity index (χ1n) is 9.88. The molecule has 0 bridgehead atoms. The summed E-state index contributed by atoms with van der Waals surface area (Å²) in [5.41, 5.74) is 0. The molecule has 31 heavy (non-hydrogen) atoms. The van der Waals surface area contributed by atoms with Gasteiger partial charge in [-0.05, 0) is 43.4 Å². The van der Waals surface area contributed by atoms with E-state index >= 15 is 0 Å². The number of thioether (sulfide) groups is 1. The zero-order valence-electron chi connectivity index (χ0n) is 17.0. The summed E-state index contributed by atoms with van der Waals surface area (Å²) in [6.07, 6.45) is -2.24. The van der Waals surface area contributed by atoms with Crippen LogP contribution in [0.2, 0.25) is 0 Å². The highest BCUT2D eigenvalue weighted by Crippen LogP contribution is 2.34. The van der Waals surface area contributed by atoms with E-state index in [1.165, 1.54) is 30.0 Å². The number of fused-ring (bicyclic) bond motifs is 1. The number of piperidine rings is 1. The lowest BCUT2D eigenvalue weighted by atomic mass is 9.97. The molecule has 0 aromatic heterocycles. The zero-order valence-corrected chi connectivity index (χ0v) is 18.6. The second-order valence-electron chi connectivity index (χ2n) is 7.43. The Bertz CT molecular complexity index is 895. The molecule has 2 heterocycles. The minimum atomic E-state index is -4.39. The second-order valence-corrected chi connectivity index (χ2v) is 10.1. The molecule has 1 aromatic carbocycles. The highest BCUT2D eigenvalue weighted by atomic mass is 32.2. The average molecular weight is 483 g/mol. The largest absolute Gasteiger partial charge is 0.486 e. The fraction of sp³-hybridized carbons (Fsp3) is 0.632. The normalized spacial score (nSPS) is 20.4. The van der Waals surface area contributed by atoms with E-state index in [1.54, 1.807) is 6.26 Å². The van der Waals surface area contributed by atoms with E-state index in [4.69, 9.17) is 9.47 Å². The van der Waals surface area contributed by atoms with Gasteiger partial charge in [-0.1, -0.05) is 0 Å². The Balaban J connectivity index is 1.78. The Kier molecular flexibility index (Phi) is 7.63. The van der Waals surface area contributed by atoms with E-state index in [-0.39, 0.29) is 43.1 Å². The molecule has 1 fully saturated rings. The lowest BCUT2D eigenvalue weighted by molar-refractivity contribution is -0.188. The second kappa shape index (κ2) is 9.86. The van der Waals surface area contributed by atoms with E-state index in [2.05, 4.69) is 4.72 Å².